The number of carbonyl (C=O) groups excluding carboxylic acids is 1. The standard InChI is InChI=1S/C25H24N6OS/c32-23(27-20-13-14-22(26-17-20)30-15-7-8-16-30)18-33-25-29-28-24(19-9-3-1-4-10-19)31(25)21-11-5-2-6-12-21/h1-6,9-14,17H,7-8,15-16,18H2,(H,27,32). The number of hydrogen-bond donors (Lipinski definition) is 1. The van der Waals surface area contributed by atoms with Gasteiger partial charge in [0.15, 0.2) is 11.0 Å². The van der Waals surface area contributed by atoms with E-state index >= 15 is 0 Å². The largest absolute Gasteiger partial charge is 0.357 e. The van der Waals surface area contributed by atoms with Crippen molar-refractivity contribution in [1.82, 2.24) is 19.7 Å². The molecular formula is C25H24N6OS. The predicted octanol–water partition coefficient (Wildman–Crippen LogP) is 4.66. The van der Waals surface area contributed by atoms with Gasteiger partial charge in [-0.2, -0.15) is 0 Å². The minimum Gasteiger partial charge on any atom is -0.357 e. The molecule has 1 aliphatic heterocycles. The number of carbonyl (C=O) groups is 1. The van der Waals surface area contributed by atoms with Gasteiger partial charge in [0.05, 0.1) is 17.6 Å². The number of thioether (sulfide) groups is 1. The van der Waals surface area contributed by atoms with Crippen molar-refractivity contribution in [3.8, 4) is 17.1 Å². The van der Waals surface area contributed by atoms with E-state index in [0.29, 0.717) is 10.8 Å². The van der Waals surface area contributed by atoms with Crippen molar-refractivity contribution in [2.45, 2.75) is 18.0 Å². The minimum absolute atomic E-state index is 0.111. The van der Waals surface area contributed by atoms with Crippen LogP contribution in [0.3, 0.4) is 0 Å². The van der Waals surface area contributed by atoms with Gasteiger partial charge < -0.3 is 10.2 Å². The predicted molar refractivity (Wildman–Crippen MR) is 132 cm³/mol. The van der Waals surface area contributed by atoms with Crippen LogP contribution in [-0.2, 0) is 4.79 Å². The van der Waals surface area contributed by atoms with Crippen LogP contribution in [-0.4, -0.2) is 44.5 Å². The Morgan fingerprint density at radius 2 is 1.64 bits per heavy atom. The molecule has 0 saturated carbocycles. The van der Waals surface area contributed by atoms with E-state index in [9.17, 15) is 4.79 Å². The lowest BCUT2D eigenvalue weighted by atomic mass is 10.2. The molecule has 0 bridgehead atoms. The molecule has 0 atom stereocenters. The summed E-state index contributed by atoms with van der Waals surface area (Å²) in [6, 6.07) is 23.7. The minimum atomic E-state index is -0.111. The van der Waals surface area contributed by atoms with Crippen molar-refractivity contribution in [2.75, 3.05) is 29.1 Å². The number of hydrogen-bond acceptors (Lipinski definition) is 6. The highest BCUT2D eigenvalue weighted by atomic mass is 32.2. The Hall–Kier alpha value is -3.65. The van der Waals surface area contributed by atoms with Gasteiger partial charge in [0, 0.05) is 24.3 Å². The third-order valence-corrected chi connectivity index (χ3v) is 6.40. The number of nitrogens with zero attached hydrogens (tertiary/aromatic N) is 5. The molecule has 5 rings (SSSR count). The Balaban J connectivity index is 1.29. The number of rotatable bonds is 7. The summed E-state index contributed by atoms with van der Waals surface area (Å²) in [7, 11) is 0. The lowest BCUT2D eigenvalue weighted by molar-refractivity contribution is -0.113. The van der Waals surface area contributed by atoms with Gasteiger partial charge in [-0.3, -0.25) is 9.36 Å². The third-order valence-electron chi connectivity index (χ3n) is 5.47. The van der Waals surface area contributed by atoms with Crippen LogP contribution in [0.1, 0.15) is 12.8 Å². The molecule has 166 valence electrons. The summed E-state index contributed by atoms with van der Waals surface area (Å²) in [5, 5.41) is 12.4. The zero-order chi connectivity index (χ0) is 22.5. The SMILES string of the molecule is O=C(CSc1nnc(-c2ccccc2)n1-c1ccccc1)Nc1ccc(N2CCCC2)nc1. The maximum absolute atomic E-state index is 12.6. The van der Waals surface area contributed by atoms with Crippen LogP contribution < -0.4 is 10.2 Å². The molecule has 4 aromatic rings. The van der Waals surface area contributed by atoms with E-state index in [1.165, 1.54) is 24.6 Å². The molecule has 0 aliphatic carbocycles. The van der Waals surface area contributed by atoms with Gasteiger partial charge >= 0.3 is 0 Å². The summed E-state index contributed by atoms with van der Waals surface area (Å²) >= 11 is 1.36. The van der Waals surface area contributed by atoms with Crippen molar-refractivity contribution in [1.29, 1.82) is 0 Å². The number of amides is 1. The Morgan fingerprint density at radius 3 is 2.33 bits per heavy atom. The fourth-order valence-electron chi connectivity index (χ4n) is 3.87. The van der Waals surface area contributed by atoms with Crippen LogP contribution in [0.2, 0.25) is 0 Å². The lowest BCUT2D eigenvalue weighted by Crippen LogP contribution is -2.19. The van der Waals surface area contributed by atoms with E-state index in [0.717, 1.165) is 36.0 Å². The second kappa shape index (κ2) is 9.87. The molecule has 1 saturated heterocycles. The Labute approximate surface area is 196 Å². The van der Waals surface area contributed by atoms with E-state index in [2.05, 4.69) is 25.4 Å². The molecule has 1 amide bonds. The molecule has 3 heterocycles. The number of aromatic nitrogens is 4. The Morgan fingerprint density at radius 1 is 0.909 bits per heavy atom. The van der Waals surface area contributed by atoms with Crippen molar-refractivity contribution in [3.63, 3.8) is 0 Å². The summed E-state index contributed by atoms with van der Waals surface area (Å²) in [4.78, 5) is 19.4. The van der Waals surface area contributed by atoms with Crippen LogP contribution in [0.4, 0.5) is 11.5 Å². The molecule has 1 N–H and O–H groups in total. The van der Waals surface area contributed by atoms with Crippen LogP contribution >= 0.6 is 11.8 Å². The number of pyridine rings is 1. The maximum Gasteiger partial charge on any atom is 0.234 e. The normalized spacial score (nSPS) is 13.3. The molecule has 33 heavy (non-hydrogen) atoms. The summed E-state index contributed by atoms with van der Waals surface area (Å²) in [6.07, 6.45) is 4.13. The van der Waals surface area contributed by atoms with Gasteiger partial charge in [-0.05, 0) is 37.1 Å². The molecule has 8 heteroatoms. The summed E-state index contributed by atoms with van der Waals surface area (Å²) < 4.78 is 1.99. The van der Waals surface area contributed by atoms with E-state index in [4.69, 9.17) is 0 Å². The van der Waals surface area contributed by atoms with Gasteiger partial charge in [0.25, 0.3) is 0 Å². The first-order valence-corrected chi connectivity index (χ1v) is 12.0. The molecule has 2 aromatic carbocycles. The zero-order valence-corrected chi connectivity index (χ0v) is 18.9. The van der Waals surface area contributed by atoms with E-state index in [1.807, 2.05) is 77.4 Å². The first-order valence-electron chi connectivity index (χ1n) is 11.0. The van der Waals surface area contributed by atoms with E-state index < -0.39 is 0 Å². The van der Waals surface area contributed by atoms with Crippen molar-refractivity contribution in [2.24, 2.45) is 0 Å². The van der Waals surface area contributed by atoms with Crippen LogP contribution in [0.5, 0.6) is 0 Å². The monoisotopic (exact) mass is 456 g/mol. The van der Waals surface area contributed by atoms with Gasteiger partial charge in [-0.25, -0.2) is 4.98 Å². The van der Waals surface area contributed by atoms with Gasteiger partial charge in [0.1, 0.15) is 5.82 Å². The number of para-hydroxylation sites is 1. The molecular weight excluding hydrogens is 432 g/mol. The molecule has 1 aliphatic rings. The fourth-order valence-corrected chi connectivity index (χ4v) is 4.62. The fraction of sp³-hybridized carbons (Fsp3) is 0.200. The molecule has 1 fully saturated rings. The number of anilines is 2. The third kappa shape index (κ3) is 4.90. The summed E-state index contributed by atoms with van der Waals surface area (Å²) in [5.41, 5.74) is 2.61. The van der Waals surface area contributed by atoms with Crippen LogP contribution in [0.25, 0.3) is 17.1 Å². The van der Waals surface area contributed by atoms with Crippen molar-refractivity contribution in [3.05, 3.63) is 79.0 Å². The Kier molecular flexibility index (Phi) is 6.34. The second-order valence-electron chi connectivity index (χ2n) is 7.78. The highest BCUT2D eigenvalue weighted by molar-refractivity contribution is 7.99. The molecule has 0 spiro atoms. The average molecular weight is 457 g/mol. The van der Waals surface area contributed by atoms with Gasteiger partial charge in [-0.15, -0.1) is 10.2 Å². The Bertz CT molecular complexity index is 1200. The average Bonchev–Trinajstić information content (AvgIpc) is 3.55. The quantitative estimate of drug-likeness (QED) is 0.408. The molecule has 2 aromatic heterocycles. The van der Waals surface area contributed by atoms with Crippen LogP contribution in [0, 0.1) is 0 Å². The first-order chi connectivity index (χ1) is 16.3. The number of nitrogens with one attached hydrogen (secondary N) is 1. The van der Waals surface area contributed by atoms with E-state index in [-0.39, 0.29) is 11.7 Å². The van der Waals surface area contributed by atoms with E-state index in [1.54, 1.807) is 6.20 Å². The molecule has 0 radical (unpaired) electrons. The highest BCUT2D eigenvalue weighted by Crippen LogP contribution is 2.28. The van der Waals surface area contributed by atoms with Crippen molar-refractivity contribution >= 4 is 29.2 Å². The van der Waals surface area contributed by atoms with Crippen molar-refractivity contribution < 1.29 is 4.79 Å². The topological polar surface area (TPSA) is 75.9 Å². The highest BCUT2D eigenvalue weighted by Gasteiger charge is 2.17. The van der Waals surface area contributed by atoms with Gasteiger partial charge in [0.2, 0.25) is 5.91 Å². The molecule has 7 nitrogen and oxygen atoms in total. The van der Waals surface area contributed by atoms with Gasteiger partial charge in [-0.1, -0.05) is 60.3 Å². The van der Waals surface area contributed by atoms with Crippen LogP contribution in [0.15, 0.2) is 84.1 Å². The summed E-state index contributed by atoms with van der Waals surface area (Å²) in [6.45, 7) is 2.09. The number of benzene rings is 2. The second-order valence-corrected chi connectivity index (χ2v) is 8.72. The molecule has 0 unspecified atom stereocenters. The summed E-state index contributed by atoms with van der Waals surface area (Å²) in [5.74, 6) is 1.81. The maximum atomic E-state index is 12.6. The first kappa shape index (κ1) is 21.2. The zero-order valence-electron chi connectivity index (χ0n) is 18.1. The lowest BCUT2D eigenvalue weighted by Gasteiger charge is -2.16. The smallest absolute Gasteiger partial charge is 0.234 e.